The van der Waals surface area contributed by atoms with E-state index < -0.39 is 41.6 Å². The number of ether oxygens (including phenoxy) is 2. The fourth-order valence-electron chi connectivity index (χ4n) is 3.59. The van der Waals surface area contributed by atoms with Crippen LogP contribution in [0.4, 0.5) is 4.79 Å². The second-order valence-corrected chi connectivity index (χ2v) is 10.1. The molecule has 0 spiro atoms. The monoisotopic (exact) mass is 515 g/mol. The molecule has 37 heavy (non-hydrogen) atoms. The maximum absolute atomic E-state index is 14.0. The van der Waals surface area contributed by atoms with Crippen LogP contribution in [0.1, 0.15) is 78.0 Å². The maximum atomic E-state index is 14.0. The van der Waals surface area contributed by atoms with Gasteiger partial charge in [-0.2, -0.15) is 0 Å². The molecule has 0 aliphatic rings. The molecule has 0 aromatic heterocycles. The first-order valence-electron chi connectivity index (χ1n) is 12.6. The molecule has 0 radical (unpaired) electrons. The summed E-state index contributed by atoms with van der Waals surface area (Å²) >= 11 is 0. The first-order valence-corrected chi connectivity index (χ1v) is 12.6. The van der Waals surface area contributed by atoms with Crippen LogP contribution in [0.3, 0.4) is 0 Å². The predicted molar refractivity (Wildman–Crippen MR) is 141 cm³/mol. The molecule has 0 saturated carbocycles. The van der Waals surface area contributed by atoms with E-state index in [1.165, 1.54) is 12.0 Å². The number of hydrogen-bond donors (Lipinski definition) is 2. The van der Waals surface area contributed by atoms with E-state index in [9.17, 15) is 19.2 Å². The van der Waals surface area contributed by atoms with Crippen molar-refractivity contribution >= 4 is 23.9 Å². The van der Waals surface area contributed by atoms with Gasteiger partial charge in [0.1, 0.15) is 24.2 Å². The molecule has 0 heterocycles. The molecule has 1 aromatic carbocycles. The highest BCUT2D eigenvalue weighted by atomic mass is 16.6. The zero-order chi connectivity index (χ0) is 28.2. The number of esters is 1. The van der Waals surface area contributed by atoms with Crippen LogP contribution in [-0.2, 0) is 23.9 Å². The molecule has 0 fully saturated rings. The molecule has 0 saturated heterocycles. The maximum Gasteiger partial charge on any atom is 0.408 e. The van der Waals surface area contributed by atoms with E-state index in [-0.39, 0.29) is 19.0 Å². The quantitative estimate of drug-likeness (QED) is 0.250. The van der Waals surface area contributed by atoms with Crippen molar-refractivity contribution in [1.29, 1.82) is 0 Å². The van der Waals surface area contributed by atoms with Crippen molar-refractivity contribution in [2.24, 2.45) is 5.92 Å². The Kier molecular flexibility index (Phi) is 12.7. The Morgan fingerprint density at radius 1 is 1.08 bits per heavy atom. The molecule has 1 aromatic rings. The van der Waals surface area contributed by atoms with Crippen LogP contribution >= 0.6 is 0 Å². The van der Waals surface area contributed by atoms with Crippen molar-refractivity contribution < 1.29 is 28.7 Å². The third-order valence-electron chi connectivity index (χ3n) is 5.48. The minimum absolute atomic E-state index is 0.263. The molecule has 2 atom stereocenters. The molecule has 0 bridgehead atoms. The van der Waals surface area contributed by atoms with Crippen molar-refractivity contribution in [3.8, 4) is 12.3 Å². The summed E-state index contributed by atoms with van der Waals surface area (Å²) in [7, 11) is 1.22. The highest BCUT2D eigenvalue weighted by Crippen LogP contribution is 2.25. The fraction of sp³-hybridized carbons (Fsp3) is 0.571. The summed E-state index contributed by atoms with van der Waals surface area (Å²) in [6.07, 6.45) is 7.14. The Balaban J connectivity index is 3.48. The average molecular weight is 516 g/mol. The Morgan fingerprint density at radius 2 is 1.70 bits per heavy atom. The lowest BCUT2D eigenvalue weighted by Crippen LogP contribution is -2.55. The van der Waals surface area contributed by atoms with E-state index in [4.69, 9.17) is 11.2 Å². The van der Waals surface area contributed by atoms with Gasteiger partial charge in [0.25, 0.3) is 0 Å². The van der Waals surface area contributed by atoms with Gasteiger partial charge in [0, 0.05) is 12.1 Å². The molecule has 2 N–H and O–H groups in total. The van der Waals surface area contributed by atoms with E-state index in [0.717, 1.165) is 12.8 Å². The minimum Gasteiger partial charge on any atom is -0.468 e. The fourth-order valence-corrected chi connectivity index (χ4v) is 3.59. The van der Waals surface area contributed by atoms with Gasteiger partial charge < -0.3 is 25.0 Å². The minimum atomic E-state index is -1.07. The zero-order valence-corrected chi connectivity index (χ0v) is 23.1. The van der Waals surface area contributed by atoms with Crippen molar-refractivity contribution in [2.45, 2.75) is 78.5 Å². The number of hydrogen-bond acceptors (Lipinski definition) is 6. The summed E-state index contributed by atoms with van der Waals surface area (Å²) in [6, 6.07) is 4.72. The van der Waals surface area contributed by atoms with Crippen LogP contribution in [0.2, 0.25) is 0 Å². The summed E-state index contributed by atoms with van der Waals surface area (Å²) in [5, 5.41) is 5.25. The lowest BCUT2D eigenvalue weighted by molar-refractivity contribution is -0.145. The summed E-state index contributed by atoms with van der Waals surface area (Å²) in [6.45, 7) is 10.8. The van der Waals surface area contributed by atoms with Gasteiger partial charge in [-0.1, -0.05) is 51.7 Å². The normalized spacial score (nSPS) is 12.6. The Morgan fingerprint density at radius 3 is 2.19 bits per heavy atom. The van der Waals surface area contributed by atoms with E-state index in [2.05, 4.69) is 21.3 Å². The smallest absolute Gasteiger partial charge is 0.408 e. The second-order valence-electron chi connectivity index (χ2n) is 10.1. The number of carbonyl (C=O) groups excluding carboxylic acids is 4. The number of nitrogens with zero attached hydrogens (tertiary/aromatic N) is 1. The van der Waals surface area contributed by atoms with Crippen LogP contribution in [-0.4, -0.2) is 60.6 Å². The summed E-state index contributed by atoms with van der Waals surface area (Å²) in [5.74, 6) is 0.632. The van der Waals surface area contributed by atoms with Crippen molar-refractivity contribution in [1.82, 2.24) is 15.5 Å². The third kappa shape index (κ3) is 10.5. The summed E-state index contributed by atoms with van der Waals surface area (Å²) in [4.78, 5) is 53.1. The largest absolute Gasteiger partial charge is 0.468 e. The number of benzene rings is 1. The van der Waals surface area contributed by atoms with Crippen LogP contribution in [0, 0.1) is 18.3 Å². The average Bonchev–Trinajstić information content (AvgIpc) is 2.83. The van der Waals surface area contributed by atoms with E-state index >= 15 is 0 Å². The van der Waals surface area contributed by atoms with E-state index in [1.807, 2.05) is 6.92 Å². The summed E-state index contributed by atoms with van der Waals surface area (Å²) in [5.41, 5.74) is 0.392. The van der Waals surface area contributed by atoms with Gasteiger partial charge in [0.05, 0.1) is 7.11 Å². The second kappa shape index (κ2) is 14.9. The predicted octanol–water partition coefficient (Wildman–Crippen LogP) is 3.57. The Bertz CT molecular complexity index is 960. The number of carbonyl (C=O) groups is 4. The number of alkyl carbamates (subject to hydrolysis) is 1. The van der Waals surface area contributed by atoms with Gasteiger partial charge in [-0.3, -0.25) is 14.4 Å². The lowest BCUT2D eigenvalue weighted by Gasteiger charge is -2.35. The number of amides is 3. The number of unbranched alkanes of at least 4 members (excludes halogenated alkanes) is 2. The third-order valence-corrected chi connectivity index (χ3v) is 5.48. The van der Waals surface area contributed by atoms with E-state index in [1.54, 1.807) is 58.9 Å². The highest BCUT2D eigenvalue weighted by Gasteiger charge is 2.37. The van der Waals surface area contributed by atoms with Gasteiger partial charge in [0.15, 0.2) is 0 Å². The number of nitrogens with one attached hydrogen (secondary N) is 2. The molecule has 9 heteroatoms. The number of rotatable bonds is 12. The Labute approximate surface area is 220 Å². The molecular weight excluding hydrogens is 474 g/mol. The first kappa shape index (κ1) is 31.5. The van der Waals surface area contributed by atoms with Crippen molar-refractivity contribution in [3.05, 3.63) is 35.4 Å². The standard InChI is InChI=1S/C28H41N3O6/c1-9-11-12-17-31(26(34)23(19(3)4)30-27(35)37-28(5,6)7)24(25(33)29-18-22(32)36-8)21-15-13-20(10-2)14-16-21/h2,13-16,19,23-24H,9,11-12,17-18H2,1,3-8H3,(H,29,33)(H,30,35). The zero-order valence-electron chi connectivity index (χ0n) is 23.1. The Hall–Kier alpha value is -3.54. The first-order chi connectivity index (χ1) is 17.3. The molecule has 2 unspecified atom stereocenters. The number of terminal acetylenes is 1. The topological polar surface area (TPSA) is 114 Å². The molecule has 0 aliphatic heterocycles. The lowest BCUT2D eigenvalue weighted by atomic mass is 9.97. The van der Waals surface area contributed by atoms with Crippen LogP contribution in [0.25, 0.3) is 0 Å². The van der Waals surface area contributed by atoms with Gasteiger partial charge in [-0.05, 0) is 50.8 Å². The van der Waals surface area contributed by atoms with Gasteiger partial charge in [-0.15, -0.1) is 6.42 Å². The van der Waals surface area contributed by atoms with E-state index in [0.29, 0.717) is 17.5 Å². The van der Waals surface area contributed by atoms with Gasteiger partial charge in [-0.25, -0.2) is 4.79 Å². The van der Waals surface area contributed by atoms with Gasteiger partial charge >= 0.3 is 12.1 Å². The molecule has 0 aliphatic carbocycles. The van der Waals surface area contributed by atoms with Crippen molar-refractivity contribution in [3.63, 3.8) is 0 Å². The van der Waals surface area contributed by atoms with Gasteiger partial charge in [0.2, 0.25) is 11.8 Å². The van der Waals surface area contributed by atoms with Crippen LogP contribution in [0.15, 0.2) is 24.3 Å². The SMILES string of the molecule is C#Cc1ccc(C(C(=O)NCC(=O)OC)N(CCCCC)C(=O)C(NC(=O)OC(C)(C)C)C(C)C)cc1. The number of methoxy groups -OCH3 is 1. The molecule has 204 valence electrons. The molecule has 3 amide bonds. The van der Waals surface area contributed by atoms with Crippen molar-refractivity contribution in [2.75, 3.05) is 20.2 Å². The molecule has 9 nitrogen and oxygen atoms in total. The highest BCUT2D eigenvalue weighted by molar-refractivity contribution is 5.93. The summed E-state index contributed by atoms with van der Waals surface area (Å²) < 4.78 is 10.0. The van der Waals surface area contributed by atoms with Crippen LogP contribution < -0.4 is 10.6 Å². The molecular formula is C28H41N3O6. The molecule has 1 rings (SSSR count). The van der Waals surface area contributed by atoms with Crippen LogP contribution in [0.5, 0.6) is 0 Å².